The first kappa shape index (κ1) is 13.6. The largest absolute Gasteiger partial charge is 0.323 e. The molecule has 0 radical (unpaired) electrons. The summed E-state index contributed by atoms with van der Waals surface area (Å²) in [5.74, 6) is -1.64. The average Bonchev–Trinajstić information content (AvgIpc) is 2.64. The SMILES string of the molecule is Cc1cc(Br)c(C(N)Cc2cccc(F)c2F)s1. The highest BCUT2D eigenvalue weighted by molar-refractivity contribution is 9.10. The molecule has 2 rings (SSSR count). The average molecular weight is 332 g/mol. The predicted molar refractivity (Wildman–Crippen MR) is 73.7 cm³/mol. The van der Waals surface area contributed by atoms with Crippen molar-refractivity contribution in [3.05, 3.63) is 55.7 Å². The highest BCUT2D eigenvalue weighted by Gasteiger charge is 2.16. The number of halogens is 3. The standard InChI is InChI=1S/C13H12BrF2NS/c1-7-5-9(14)13(18-7)11(17)6-8-3-2-4-10(15)12(8)16/h2-5,11H,6,17H2,1H3. The summed E-state index contributed by atoms with van der Waals surface area (Å²) in [6.45, 7) is 1.98. The van der Waals surface area contributed by atoms with Crippen molar-refractivity contribution in [2.75, 3.05) is 0 Å². The fourth-order valence-electron chi connectivity index (χ4n) is 1.79. The number of benzene rings is 1. The van der Waals surface area contributed by atoms with Crippen LogP contribution in [-0.4, -0.2) is 0 Å². The Kier molecular flexibility index (Phi) is 4.14. The summed E-state index contributed by atoms with van der Waals surface area (Å²) in [6.07, 6.45) is 0.280. The first-order valence-corrected chi connectivity index (χ1v) is 7.04. The molecule has 1 atom stereocenters. The molecule has 0 aliphatic rings. The van der Waals surface area contributed by atoms with Gasteiger partial charge in [-0.1, -0.05) is 12.1 Å². The molecule has 1 nitrogen and oxygen atoms in total. The fourth-order valence-corrected chi connectivity index (χ4v) is 3.74. The summed E-state index contributed by atoms with van der Waals surface area (Å²) in [4.78, 5) is 2.09. The van der Waals surface area contributed by atoms with Crippen molar-refractivity contribution in [2.24, 2.45) is 5.73 Å². The van der Waals surface area contributed by atoms with Crippen molar-refractivity contribution in [1.29, 1.82) is 0 Å². The van der Waals surface area contributed by atoms with Gasteiger partial charge in [-0.3, -0.25) is 0 Å². The number of hydrogen-bond donors (Lipinski definition) is 1. The first-order valence-electron chi connectivity index (χ1n) is 5.43. The van der Waals surface area contributed by atoms with Crippen LogP contribution >= 0.6 is 27.3 Å². The highest BCUT2D eigenvalue weighted by Crippen LogP contribution is 2.33. The molecule has 96 valence electrons. The van der Waals surface area contributed by atoms with Crippen molar-refractivity contribution in [3.8, 4) is 0 Å². The zero-order chi connectivity index (χ0) is 13.3. The van der Waals surface area contributed by atoms with Gasteiger partial charge in [0.1, 0.15) is 0 Å². The van der Waals surface area contributed by atoms with Gasteiger partial charge in [-0.2, -0.15) is 0 Å². The van der Waals surface area contributed by atoms with Crippen LogP contribution in [0.3, 0.4) is 0 Å². The monoisotopic (exact) mass is 331 g/mol. The molecule has 18 heavy (non-hydrogen) atoms. The van der Waals surface area contributed by atoms with Crippen molar-refractivity contribution in [3.63, 3.8) is 0 Å². The molecule has 0 saturated carbocycles. The highest BCUT2D eigenvalue weighted by atomic mass is 79.9. The minimum atomic E-state index is -0.832. The maximum atomic E-state index is 13.5. The van der Waals surface area contributed by atoms with Crippen LogP contribution in [0.5, 0.6) is 0 Å². The van der Waals surface area contributed by atoms with Crippen molar-refractivity contribution in [1.82, 2.24) is 0 Å². The maximum absolute atomic E-state index is 13.5. The summed E-state index contributed by atoms with van der Waals surface area (Å²) < 4.78 is 27.6. The van der Waals surface area contributed by atoms with Gasteiger partial charge in [-0.05, 0) is 47.0 Å². The normalized spacial score (nSPS) is 12.7. The summed E-state index contributed by atoms with van der Waals surface area (Å²) >= 11 is 4.99. The minimum absolute atomic E-state index is 0.280. The molecule has 5 heteroatoms. The van der Waals surface area contributed by atoms with Crippen LogP contribution in [0.2, 0.25) is 0 Å². The molecule has 0 spiro atoms. The van der Waals surface area contributed by atoms with Gasteiger partial charge in [-0.15, -0.1) is 11.3 Å². The van der Waals surface area contributed by atoms with Gasteiger partial charge in [0.2, 0.25) is 0 Å². The Balaban J connectivity index is 2.24. The van der Waals surface area contributed by atoms with Crippen molar-refractivity contribution in [2.45, 2.75) is 19.4 Å². The van der Waals surface area contributed by atoms with E-state index in [2.05, 4.69) is 15.9 Å². The lowest BCUT2D eigenvalue weighted by Gasteiger charge is -2.11. The van der Waals surface area contributed by atoms with E-state index in [1.165, 1.54) is 6.07 Å². The van der Waals surface area contributed by atoms with Gasteiger partial charge >= 0.3 is 0 Å². The summed E-state index contributed by atoms with van der Waals surface area (Å²) in [6, 6.07) is 5.80. The molecular weight excluding hydrogens is 320 g/mol. The molecule has 1 unspecified atom stereocenters. The molecule has 2 N–H and O–H groups in total. The van der Waals surface area contributed by atoms with Crippen LogP contribution in [0.1, 0.15) is 21.4 Å². The molecule has 0 aliphatic heterocycles. The molecule has 1 aromatic carbocycles. The van der Waals surface area contributed by atoms with E-state index in [9.17, 15) is 8.78 Å². The maximum Gasteiger partial charge on any atom is 0.162 e. The number of nitrogens with two attached hydrogens (primary N) is 1. The molecule has 0 aliphatic carbocycles. The molecule has 1 aromatic heterocycles. The van der Waals surface area contributed by atoms with E-state index in [1.54, 1.807) is 17.4 Å². The van der Waals surface area contributed by atoms with E-state index in [0.29, 0.717) is 5.56 Å². The number of aryl methyl sites for hydroxylation is 1. The second kappa shape index (κ2) is 5.47. The number of rotatable bonds is 3. The lowest BCUT2D eigenvalue weighted by molar-refractivity contribution is 0.494. The van der Waals surface area contributed by atoms with Crippen LogP contribution in [0.15, 0.2) is 28.7 Å². The smallest absolute Gasteiger partial charge is 0.162 e. The van der Waals surface area contributed by atoms with E-state index in [0.717, 1.165) is 20.3 Å². The van der Waals surface area contributed by atoms with E-state index < -0.39 is 11.6 Å². The Morgan fingerprint density at radius 1 is 1.39 bits per heavy atom. The predicted octanol–water partition coefficient (Wildman–Crippen LogP) is 4.34. The van der Waals surface area contributed by atoms with E-state index in [-0.39, 0.29) is 12.5 Å². The Morgan fingerprint density at radius 3 is 2.72 bits per heavy atom. The van der Waals surface area contributed by atoms with Gasteiger partial charge in [0.15, 0.2) is 11.6 Å². The van der Waals surface area contributed by atoms with Crippen LogP contribution in [0.4, 0.5) is 8.78 Å². The summed E-state index contributed by atoms with van der Waals surface area (Å²) in [5.41, 5.74) is 6.36. The summed E-state index contributed by atoms with van der Waals surface area (Å²) in [7, 11) is 0. The molecule has 2 aromatic rings. The van der Waals surface area contributed by atoms with Crippen LogP contribution in [0.25, 0.3) is 0 Å². The zero-order valence-electron chi connectivity index (χ0n) is 9.71. The third-order valence-corrected chi connectivity index (χ3v) is 4.75. The molecule has 0 bridgehead atoms. The quantitative estimate of drug-likeness (QED) is 0.889. The lowest BCUT2D eigenvalue weighted by atomic mass is 10.0. The second-order valence-electron chi connectivity index (χ2n) is 4.09. The van der Waals surface area contributed by atoms with Gasteiger partial charge in [-0.25, -0.2) is 8.78 Å². The van der Waals surface area contributed by atoms with E-state index in [1.807, 2.05) is 13.0 Å². The van der Waals surface area contributed by atoms with Gasteiger partial charge in [0, 0.05) is 20.3 Å². The molecule has 0 amide bonds. The van der Waals surface area contributed by atoms with E-state index in [4.69, 9.17) is 5.73 Å². The van der Waals surface area contributed by atoms with Crippen molar-refractivity contribution >= 4 is 27.3 Å². The Labute approximate surface area is 117 Å². The van der Waals surface area contributed by atoms with Crippen molar-refractivity contribution < 1.29 is 8.78 Å². The van der Waals surface area contributed by atoms with Gasteiger partial charge in [0.05, 0.1) is 0 Å². The third kappa shape index (κ3) is 2.79. The first-order chi connectivity index (χ1) is 8.49. The minimum Gasteiger partial charge on any atom is -0.323 e. The topological polar surface area (TPSA) is 26.0 Å². The van der Waals surface area contributed by atoms with E-state index >= 15 is 0 Å². The fraction of sp³-hybridized carbons (Fsp3) is 0.231. The summed E-state index contributed by atoms with van der Waals surface area (Å²) in [5, 5.41) is 0. The van der Waals surface area contributed by atoms with Crippen LogP contribution in [0, 0.1) is 18.6 Å². The third-order valence-electron chi connectivity index (χ3n) is 2.64. The van der Waals surface area contributed by atoms with Gasteiger partial charge < -0.3 is 5.73 Å². The zero-order valence-corrected chi connectivity index (χ0v) is 12.1. The Morgan fingerprint density at radius 2 is 2.11 bits per heavy atom. The molecular formula is C13H12BrF2NS. The van der Waals surface area contributed by atoms with Crippen LogP contribution < -0.4 is 5.73 Å². The van der Waals surface area contributed by atoms with Crippen LogP contribution in [-0.2, 0) is 6.42 Å². The number of hydrogen-bond acceptors (Lipinski definition) is 2. The Hall–Kier alpha value is -0.780. The number of thiophene rings is 1. The molecule has 1 heterocycles. The molecule has 0 saturated heterocycles. The Bertz CT molecular complexity index is 568. The van der Waals surface area contributed by atoms with Gasteiger partial charge in [0.25, 0.3) is 0 Å². The lowest BCUT2D eigenvalue weighted by Crippen LogP contribution is -2.13. The molecule has 0 fully saturated rings. The second-order valence-corrected chi connectivity index (χ2v) is 6.24.